The summed E-state index contributed by atoms with van der Waals surface area (Å²) < 4.78 is 0.890. The van der Waals surface area contributed by atoms with Crippen molar-refractivity contribution < 1.29 is 9.90 Å². The summed E-state index contributed by atoms with van der Waals surface area (Å²) >= 11 is 3.38. The highest BCUT2D eigenvalue weighted by Gasteiger charge is 2.18. The molecule has 0 amide bonds. The Bertz CT molecular complexity index is 465. The number of aromatic carboxylic acids is 1. The van der Waals surface area contributed by atoms with Crippen molar-refractivity contribution in [2.45, 2.75) is 12.8 Å². The SMILES string of the molecule is CN1CCCC(CNc2cc(Br)ccc2C(=O)O)C1. The lowest BCUT2D eigenvalue weighted by Gasteiger charge is -2.30. The Morgan fingerprint density at radius 1 is 1.58 bits per heavy atom. The molecule has 5 heteroatoms. The Morgan fingerprint density at radius 2 is 2.37 bits per heavy atom. The molecule has 0 spiro atoms. The van der Waals surface area contributed by atoms with Crippen LogP contribution in [0.4, 0.5) is 5.69 Å². The highest BCUT2D eigenvalue weighted by atomic mass is 79.9. The van der Waals surface area contributed by atoms with E-state index < -0.39 is 5.97 Å². The number of carbonyl (C=O) groups is 1. The zero-order valence-corrected chi connectivity index (χ0v) is 12.6. The van der Waals surface area contributed by atoms with Gasteiger partial charge in [-0.05, 0) is 50.6 Å². The number of nitrogens with zero attached hydrogens (tertiary/aromatic N) is 1. The van der Waals surface area contributed by atoms with Crippen LogP contribution < -0.4 is 5.32 Å². The van der Waals surface area contributed by atoms with E-state index in [0.29, 0.717) is 17.2 Å². The summed E-state index contributed by atoms with van der Waals surface area (Å²) in [4.78, 5) is 13.5. The number of rotatable bonds is 4. The van der Waals surface area contributed by atoms with E-state index >= 15 is 0 Å². The van der Waals surface area contributed by atoms with Gasteiger partial charge in [-0.2, -0.15) is 0 Å². The number of carboxylic acids is 1. The van der Waals surface area contributed by atoms with Gasteiger partial charge in [0.25, 0.3) is 0 Å². The Hall–Kier alpha value is -1.07. The van der Waals surface area contributed by atoms with Gasteiger partial charge in [0.1, 0.15) is 0 Å². The highest BCUT2D eigenvalue weighted by Crippen LogP contribution is 2.23. The van der Waals surface area contributed by atoms with E-state index in [2.05, 4.69) is 33.2 Å². The van der Waals surface area contributed by atoms with E-state index in [9.17, 15) is 9.90 Å². The van der Waals surface area contributed by atoms with Gasteiger partial charge < -0.3 is 15.3 Å². The second kappa shape index (κ2) is 6.39. The van der Waals surface area contributed by atoms with Crippen LogP contribution in [0.1, 0.15) is 23.2 Å². The zero-order valence-electron chi connectivity index (χ0n) is 11.0. The lowest BCUT2D eigenvalue weighted by atomic mass is 9.98. The number of carboxylic acid groups (broad SMARTS) is 1. The molecular weight excluding hydrogens is 308 g/mol. The number of piperidine rings is 1. The first kappa shape index (κ1) is 14.3. The van der Waals surface area contributed by atoms with Crippen molar-refractivity contribution in [1.29, 1.82) is 0 Å². The summed E-state index contributed by atoms with van der Waals surface area (Å²) in [5, 5.41) is 12.5. The maximum absolute atomic E-state index is 11.2. The first-order chi connectivity index (χ1) is 9.06. The number of halogens is 1. The second-order valence-electron chi connectivity index (χ2n) is 5.15. The lowest BCUT2D eigenvalue weighted by molar-refractivity contribution is 0.0698. The fraction of sp³-hybridized carbons (Fsp3) is 0.500. The van der Waals surface area contributed by atoms with Crippen molar-refractivity contribution in [3.63, 3.8) is 0 Å². The first-order valence-electron chi connectivity index (χ1n) is 6.51. The van der Waals surface area contributed by atoms with Crippen molar-refractivity contribution in [3.05, 3.63) is 28.2 Å². The molecule has 0 aliphatic carbocycles. The summed E-state index contributed by atoms with van der Waals surface area (Å²) in [6.07, 6.45) is 2.42. The topological polar surface area (TPSA) is 52.6 Å². The summed E-state index contributed by atoms with van der Waals surface area (Å²) in [5.74, 6) is -0.310. The van der Waals surface area contributed by atoms with Gasteiger partial charge in [-0.1, -0.05) is 15.9 Å². The van der Waals surface area contributed by atoms with E-state index in [0.717, 1.165) is 24.1 Å². The molecule has 19 heavy (non-hydrogen) atoms. The fourth-order valence-corrected chi connectivity index (χ4v) is 2.90. The normalized spacial score (nSPS) is 20.2. The molecule has 1 aromatic rings. The van der Waals surface area contributed by atoms with Crippen LogP contribution in [-0.4, -0.2) is 42.7 Å². The third-order valence-corrected chi connectivity index (χ3v) is 4.01. The van der Waals surface area contributed by atoms with Gasteiger partial charge in [0.05, 0.1) is 5.56 Å². The maximum Gasteiger partial charge on any atom is 0.337 e. The van der Waals surface area contributed by atoms with Crippen LogP contribution in [0.15, 0.2) is 22.7 Å². The van der Waals surface area contributed by atoms with Crippen LogP contribution in [0, 0.1) is 5.92 Å². The molecule has 104 valence electrons. The highest BCUT2D eigenvalue weighted by molar-refractivity contribution is 9.10. The molecule has 1 unspecified atom stereocenters. The Labute approximate surface area is 121 Å². The maximum atomic E-state index is 11.2. The molecule has 1 saturated heterocycles. The Morgan fingerprint density at radius 3 is 3.05 bits per heavy atom. The largest absolute Gasteiger partial charge is 0.478 e. The first-order valence-corrected chi connectivity index (χ1v) is 7.31. The summed E-state index contributed by atoms with van der Waals surface area (Å²) in [7, 11) is 2.13. The molecule has 0 radical (unpaired) electrons. The monoisotopic (exact) mass is 326 g/mol. The van der Waals surface area contributed by atoms with Gasteiger partial charge in [0, 0.05) is 23.2 Å². The molecule has 0 bridgehead atoms. The van der Waals surface area contributed by atoms with E-state index in [1.807, 2.05) is 6.07 Å². The smallest absolute Gasteiger partial charge is 0.337 e. The Kier molecular flexibility index (Phi) is 4.82. The van der Waals surface area contributed by atoms with Crippen LogP contribution in [0.2, 0.25) is 0 Å². The van der Waals surface area contributed by atoms with Crippen molar-refractivity contribution >= 4 is 27.6 Å². The van der Waals surface area contributed by atoms with Gasteiger partial charge >= 0.3 is 5.97 Å². The third kappa shape index (κ3) is 3.94. The minimum absolute atomic E-state index is 0.326. The predicted octanol–water partition coefficient (Wildman–Crippen LogP) is 2.90. The second-order valence-corrected chi connectivity index (χ2v) is 6.06. The van der Waals surface area contributed by atoms with Crippen molar-refractivity contribution in [1.82, 2.24) is 4.90 Å². The molecule has 4 nitrogen and oxygen atoms in total. The standard InChI is InChI=1S/C14H19BrN2O2/c1-17-6-2-3-10(9-17)8-16-13-7-11(15)4-5-12(13)14(18)19/h4-5,7,10,16H,2-3,6,8-9H2,1H3,(H,18,19). The van der Waals surface area contributed by atoms with E-state index in [1.165, 1.54) is 12.8 Å². The quantitative estimate of drug-likeness (QED) is 0.893. The van der Waals surface area contributed by atoms with Crippen LogP contribution in [0.3, 0.4) is 0 Å². The van der Waals surface area contributed by atoms with Crippen molar-refractivity contribution in [3.8, 4) is 0 Å². The summed E-state index contributed by atoms with van der Waals surface area (Å²) in [5.41, 5.74) is 1.02. The van der Waals surface area contributed by atoms with Gasteiger partial charge in [0.15, 0.2) is 0 Å². The van der Waals surface area contributed by atoms with Crippen molar-refractivity contribution in [2.75, 3.05) is 32.0 Å². The summed E-state index contributed by atoms with van der Waals surface area (Å²) in [6.45, 7) is 3.05. The average Bonchev–Trinajstić information content (AvgIpc) is 2.36. The number of hydrogen-bond donors (Lipinski definition) is 2. The van der Waals surface area contributed by atoms with Crippen molar-refractivity contribution in [2.24, 2.45) is 5.92 Å². The average molecular weight is 327 g/mol. The molecule has 0 aromatic heterocycles. The minimum atomic E-state index is -0.893. The fourth-order valence-electron chi connectivity index (χ4n) is 2.54. The molecule has 1 aliphatic heterocycles. The molecule has 2 N–H and O–H groups in total. The van der Waals surface area contributed by atoms with Crippen LogP contribution in [-0.2, 0) is 0 Å². The predicted molar refractivity (Wildman–Crippen MR) is 79.8 cm³/mol. The van der Waals surface area contributed by atoms with Gasteiger partial charge in [0.2, 0.25) is 0 Å². The molecule has 1 atom stereocenters. The number of hydrogen-bond acceptors (Lipinski definition) is 3. The molecular formula is C14H19BrN2O2. The number of likely N-dealkylation sites (tertiary alicyclic amines) is 1. The van der Waals surface area contributed by atoms with E-state index in [-0.39, 0.29) is 0 Å². The van der Waals surface area contributed by atoms with Crippen LogP contribution in [0.25, 0.3) is 0 Å². The van der Waals surface area contributed by atoms with Gasteiger partial charge in [-0.15, -0.1) is 0 Å². The minimum Gasteiger partial charge on any atom is -0.478 e. The molecule has 1 aromatic carbocycles. The third-order valence-electron chi connectivity index (χ3n) is 3.52. The summed E-state index contributed by atoms with van der Waals surface area (Å²) in [6, 6.07) is 5.21. The molecule has 1 fully saturated rings. The molecule has 2 rings (SSSR count). The molecule has 1 aliphatic rings. The van der Waals surface area contributed by atoms with E-state index in [1.54, 1.807) is 12.1 Å². The molecule has 0 saturated carbocycles. The van der Waals surface area contributed by atoms with Crippen LogP contribution >= 0.6 is 15.9 Å². The number of benzene rings is 1. The van der Waals surface area contributed by atoms with Gasteiger partial charge in [-0.3, -0.25) is 0 Å². The van der Waals surface area contributed by atoms with Crippen LogP contribution in [0.5, 0.6) is 0 Å². The zero-order chi connectivity index (χ0) is 13.8. The van der Waals surface area contributed by atoms with E-state index in [4.69, 9.17) is 0 Å². The Balaban J connectivity index is 2.02. The number of anilines is 1. The molecule has 1 heterocycles. The number of nitrogens with one attached hydrogen (secondary N) is 1. The van der Waals surface area contributed by atoms with Gasteiger partial charge in [-0.25, -0.2) is 4.79 Å². The lowest BCUT2D eigenvalue weighted by Crippen LogP contribution is -2.35.